The lowest BCUT2D eigenvalue weighted by atomic mass is 10.1. The van der Waals surface area contributed by atoms with Gasteiger partial charge >= 0.3 is 0 Å². The molecule has 1 aliphatic rings. The van der Waals surface area contributed by atoms with Gasteiger partial charge in [-0.3, -0.25) is 9.00 Å². The number of hydrogen-bond donors (Lipinski definition) is 0. The first-order chi connectivity index (χ1) is 6.70. The van der Waals surface area contributed by atoms with E-state index in [9.17, 15) is 9.00 Å². The molecule has 14 heavy (non-hydrogen) atoms. The van der Waals surface area contributed by atoms with Crippen molar-refractivity contribution in [2.45, 2.75) is 29.2 Å². The number of Topliss-reactive ketones (excluding diaryl/α,β-unsaturated/α-hetero) is 1. The van der Waals surface area contributed by atoms with Gasteiger partial charge in [0.15, 0.2) is 0 Å². The highest BCUT2D eigenvalue weighted by molar-refractivity contribution is 7.88. The monoisotopic (exact) mass is 228 g/mol. The van der Waals surface area contributed by atoms with E-state index in [0.29, 0.717) is 6.42 Å². The molecule has 0 aromatic carbocycles. The molecule has 1 heterocycles. The van der Waals surface area contributed by atoms with Gasteiger partial charge in [0, 0.05) is 12.3 Å². The Balaban J connectivity index is 2.17. The maximum absolute atomic E-state index is 12.0. The van der Waals surface area contributed by atoms with Crippen LogP contribution in [-0.2, 0) is 15.6 Å². The van der Waals surface area contributed by atoms with Gasteiger partial charge in [-0.15, -0.1) is 11.3 Å². The Labute approximate surface area is 89.8 Å². The van der Waals surface area contributed by atoms with Gasteiger partial charge in [-0.1, -0.05) is 13.0 Å². The second-order valence-corrected chi connectivity index (χ2v) is 6.41. The molecule has 0 bridgehead atoms. The quantitative estimate of drug-likeness (QED) is 0.778. The predicted octanol–water partition coefficient (Wildman–Crippen LogP) is 2.22. The molecule has 2 rings (SSSR count). The zero-order chi connectivity index (χ0) is 10.1. The molecule has 1 fully saturated rings. The molecule has 0 aliphatic heterocycles. The summed E-state index contributed by atoms with van der Waals surface area (Å²) in [5.74, 6) is 0.234. The van der Waals surface area contributed by atoms with Gasteiger partial charge in [0.1, 0.15) is 5.78 Å². The third-order valence-electron chi connectivity index (χ3n) is 2.71. The molecule has 3 atom stereocenters. The second-order valence-electron chi connectivity index (χ2n) is 3.56. The van der Waals surface area contributed by atoms with Crippen molar-refractivity contribution in [2.75, 3.05) is 0 Å². The number of ketones is 1. The molecule has 76 valence electrons. The SMILES string of the molecule is CC1C(=O)CCC1S(=O)c1cccs1. The van der Waals surface area contributed by atoms with Crippen molar-refractivity contribution in [2.24, 2.45) is 5.92 Å². The molecule has 1 aliphatic carbocycles. The van der Waals surface area contributed by atoms with Crippen LogP contribution < -0.4 is 0 Å². The van der Waals surface area contributed by atoms with Crippen molar-refractivity contribution >= 4 is 27.9 Å². The number of rotatable bonds is 2. The van der Waals surface area contributed by atoms with Crippen LogP contribution in [0.5, 0.6) is 0 Å². The Hall–Kier alpha value is -0.480. The Morgan fingerprint density at radius 2 is 2.36 bits per heavy atom. The fourth-order valence-corrected chi connectivity index (χ4v) is 4.52. The molecule has 1 saturated carbocycles. The minimum atomic E-state index is -0.981. The number of carbonyl (C=O) groups is 1. The van der Waals surface area contributed by atoms with Gasteiger partial charge in [0.2, 0.25) is 0 Å². The molecule has 1 aromatic rings. The van der Waals surface area contributed by atoms with Gasteiger partial charge < -0.3 is 0 Å². The van der Waals surface area contributed by atoms with E-state index >= 15 is 0 Å². The minimum absolute atomic E-state index is 0.0297. The highest BCUT2D eigenvalue weighted by Crippen LogP contribution is 2.30. The van der Waals surface area contributed by atoms with E-state index in [4.69, 9.17) is 0 Å². The van der Waals surface area contributed by atoms with Crippen molar-refractivity contribution in [1.29, 1.82) is 0 Å². The molecular weight excluding hydrogens is 216 g/mol. The van der Waals surface area contributed by atoms with Crippen LogP contribution in [0.4, 0.5) is 0 Å². The predicted molar refractivity (Wildman–Crippen MR) is 57.9 cm³/mol. The van der Waals surface area contributed by atoms with Crippen LogP contribution in [0.1, 0.15) is 19.8 Å². The average molecular weight is 228 g/mol. The molecular formula is C10H12O2S2. The van der Waals surface area contributed by atoms with E-state index in [1.54, 1.807) is 0 Å². The lowest BCUT2D eigenvalue weighted by Gasteiger charge is -2.11. The minimum Gasteiger partial charge on any atom is -0.299 e. The maximum atomic E-state index is 12.0. The first-order valence-electron chi connectivity index (χ1n) is 4.67. The van der Waals surface area contributed by atoms with Crippen molar-refractivity contribution in [3.63, 3.8) is 0 Å². The smallest absolute Gasteiger partial charge is 0.136 e. The van der Waals surface area contributed by atoms with Crippen LogP contribution in [-0.4, -0.2) is 15.2 Å². The molecule has 1 aromatic heterocycles. The first kappa shape index (κ1) is 10.1. The van der Waals surface area contributed by atoms with Crippen molar-refractivity contribution < 1.29 is 9.00 Å². The topological polar surface area (TPSA) is 34.1 Å². The van der Waals surface area contributed by atoms with E-state index in [1.165, 1.54) is 11.3 Å². The standard InChI is InChI=1S/C10H12O2S2/c1-7-8(11)4-5-9(7)14(12)10-3-2-6-13-10/h2-3,6-7,9H,4-5H2,1H3. The summed E-state index contributed by atoms with van der Waals surface area (Å²) in [6.07, 6.45) is 1.38. The van der Waals surface area contributed by atoms with E-state index < -0.39 is 10.8 Å². The van der Waals surface area contributed by atoms with E-state index in [2.05, 4.69) is 0 Å². The zero-order valence-corrected chi connectivity index (χ0v) is 9.57. The molecule has 0 N–H and O–H groups in total. The molecule has 4 heteroatoms. The first-order valence-corrected chi connectivity index (χ1v) is 6.76. The third kappa shape index (κ3) is 1.68. The Morgan fingerprint density at radius 3 is 2.86 bits per heavy atom. The fraction of sp³-hybridized carbons (Fsp3) is 0.500. The fourth-order valence-electron chi connectivity index (χ4n) is 1.79. The lowest BCUT2D eigenvalue weighted by Crippen LogP contribution is -2.20. The number of hydrogen-bond acceptors (Lipinski definition) is 3. The van der Waals surface area contributed by atoms with Crippen LogP contribution in [0.2, 0.25) is 0 Å². The molecule has 0 saturated heterocycles. The molecule has 0 amide bonds. The van der Waals surface area contributed by atoms with Crippen LogP contribution >= 0.6 is 11.3 Å². The van der Waals surface area contributed by atoms with Crippen LogP contribution in [0.15, 0.2) is 21.7 Å². The van der Waals surface area contributed by atoms with Crippen LogP contribution in [0.25, 0.3) is 0 Å². The normalized spacial score (nSPS) is 29.4. The van der Waals surface area contributed by atoms with Crippen LogP contribution in [0.3, 0.4) is 0 Å². The van der Waals surface area contributed by atoms with Gasteiger partial charge in [-0.2, -0.15) is 0 Å². The van der Waals surface area contributed by atoms with Crippen molar-refractivity contribution in [3.05, 3.63) is 17.5 Å². The second kappa shape index (κ2) is 3.95. The Bertz CT molecular complexity index is 356. The molecule has 0 spiro atoms. The molecule has 3 unspecified atom stereocenters. The number of thiophene rings is 1. The largest absolute Gasteiger partial charge is 0.299 e. The van der Waals surface area contributed by atoms with Gasteiger partial charge in [0.25, 0.3) is 0 Å². The molecule has 0 radical (unpaired) electrons. The maximum Gasteiger partial charge on any atom is 0.136 e. The van der Waals surface area contributed by atoms with E-state index in [-0.39, 0.29) is 17.0 Å². The summed E-state index contributed by atoms with van der Waals surface area (Å²) in [5.41, 5.74) is 0. The summed E-state index contributed by atoms with van der Waals surface area (Å²) in [7, 11) is -0.981. The number of carbonyl (C=O) groups excluding carboxylic acids is 1. The van der Waals surface area contributed by atoms with Crippen molar-refractivity contribution in [1.82, 2.24) is 0 Å². The lowest BCUT2D eigenvalue weighted by molar-refractivity contribution is -0.120. The van der Waals surface area contributed by atoms with E-state index in [1.807, 2.05) is 24.4 Å². The average Bonchev–Trinajstić information content (AvgIpc) is 2.77. The van der Waals surface area contributed by atoms with Crippen molar-refractivity contribution in [3.8, 4) is 0 Å². The van der Waals surface area contributed by atoms with Gasteiger partial charge in [-0.25, -0.2) is 0 Å². The highest BCUT2D eigenvalue weighted by Gasteiger charge is 2.35. The molecule has 2 nitrogen and oxygen atoms in total. The van der Waals surface area contributed by atoms with Crippen LogP contribution in [0, 0.1) is 5.92 Å². The summed E-state index contributed by atoms with van der Waals surface area (Å²) in [4.78, 5) is 11.3. The van der Waals surface area contributed by atoms with E-state index in [0.717, 1.165) is 10.6 Å². The third-order valence-corrected chi connectivity index (χ3v) is 5.88. The van der Waals surface area contributed by atoms with Gasteiger partial charge in [-0.05, 0) is 17.9 Å². The summed E-state index contributed by atoms with van der Waals surface area (Å²) in [6.45, 7) is 1.89. The Morgan fingerprint density at radius 1 is 1.57 bits per heavy atom. The summed E-state index contributed by atoms with van der Waals surface area (Å²) < 4.78 is 12.9. The zero-order valence-electron chi connectivity index (χ0n) is 7.93. The highest BCUT2D eigenvalue weighted by atomic mass is 32.2. The summed E-state index contributed by atoms with van der Waals surface area (Å²) in [6, 6.07) is 3.79. The summed E-state index contributed by atoms with van der Waals surface area (Å²) >= 11 is 1.51. The summed E-state index contributed by atoms with van der Waals surface area (Å²) in [5, 5.41) is 1.97. The Kier molecular flexibility index (Phi) is 2.83. The van der Waals surface area contributed by atoms with Gasteiger partial charge in [0.05, 0.1) is 20.3 Å².